The van der Waals surface area contributed by atoms with Crippen molar-refractivity contribution in [3.8, 4) is 0 Å². The lowest BCUT2D eigenvalue weighted by Gasteiger charge is -2.18. The number of rotatable bonds is 5. The fourth-order valence-electron chi connectivity index (χ4n) is 2.57. The molecule has 1 aliphatic heterocycles. The largest absolute Gasteiger partial charge is 0.401 e. The monoisotopic (exact) mass is 322 g/mol. The van der Waals surface area contributed by atoms with Crippen LogP contribution in [0.2, 0.25) is 5.15 Å². The van der Waals surface area contributed by atoms with Crippen LogP contribution in [0, 0.1) is 5.92 Å². The fourth-order valence-corrected chi connectivity index (χ4v) is 2.84. The molecule has 1 aromatic rings. The minimum absolute atomic E-state index is 0.186. The normalized spacial score (nSPS) is 20.0. The summed E-state index contributed by atoms with van der Waals surface area (Å²) in [6, 6.07) is 0. The highest BCUT2D eigenvalue weighted by molar-refractivity contribution is 6.30. The summed E-state index contributed by atoms with van der Waals surface area (Å²) in [5.41, 5.74) is 0.837. The van der Waals surface area contributed by atoms with E-state index in [0.717, 1.165) is 12.0 Å². The number of hydrogen-bond acceptors (Lipinski definition) is 4. The summed E-state index contributed by atoms with van der Waals surface area (Å²) in [5, 5.41) is 3.60. The first kappa shape index (κ1) is 16.3. The van der Waals surface area contributed by atoms with Gasteiger partial charge in [0.05, 0.1) is 6.54 Å². The lowest BCUT2D eigenvalue weighted by molar-refractivity contribution is -0.143. The molecule has 1 saturated heterocycles. The van der Waals surface area contributed by atoms with Crippen LogP contribution in [0.25, 0.3) is 0 Å². The van der Waals surface area contributed by atoms with Crippen LogP contribution in [0.4, 0.5) is 19.0 Å². The summed E-state index contributed by atoms with van der Waals surface area (Å²) in [4.78, 5) is 9.52. The number of anilines is 1. The Labute approximate surface area is 126 Å². The predicted octanol–water partition coefficient (Wildman–Crippen LogP) is 2.99. The van der Waals surface area contributed by atoms with Crippen LogP contribution in [0.3, 0.4) is 0 Å². The molecule has 0 amide bonds. The van der Waals surface area contributed by atoms with Gasteiger partial charge in [0.2, 0.25) is 0 Å². The van der Waals surface area contributed by atoms with Crippen molar-refractivity contribution in [3.05, 3.63) is 17.0 Å². The Morgan fingerprint density at radius 1 is 1.43 bits per heavy atom. The van der Waals surface area contributed by atoms with Gasteiger partial charge in [0.1, 0.15) is 17.3 Å². The third-order valence-corrected chi connectivity index (χ3v) is 3.90. The van der Waals surface area contributed by atoms with E-state index in [-0.39, 0.29) is 5.92 Å². The van der Waals surface area contributed by atoms with Gasteiger partial charge in [-0.2, -0.15) is 13.2 Å². The van der Waals surface area contributed by atoms with Crippen LogP contribution >= 0.6 is 11.6 Å². The molecular formula is C13H18ClF3N4. The van der Waals surface area contributed by atoms with Gasteiger partial charge in [-0.25, -0.2) is 9.97 Å². The van der Waals surface area contributed by atoms with E-state index < -0.39 is 12.7 Å². The third-order valence-electron chi connectivity index (χ3n) is 3.58. The number of alkyl halides is 3. The number of nitrogens with zero attached hydrogens (tertiary/aromatic N) is 3. The summed E-state index contributed by atoms with van der Waals surface area (Å²) in [6.07, 6.45) is -1.29. The molecule has 8 heteroatoms. The first-order chi connectivity index (χ1) is 9.89. The molecule has 1 aromatic heterocycles. The molecule has 0 bridgehead atoms. The smallest absolute Gasteiger partial charge is 0.369 e. The molecule has 1 unspecified atom stereocenters. The van der Waals surface area contributed by atoms with E-state index in [9.17, 15) is 13.2 Å². The Balaban J connectivity index is 1.86. The van der Waals surface area contributed by atoms with Gasteiger partial charge >= 0.3 is 6.18 Å². The molecule has 0 spiro atoms. The lowest BCUT2D eigenvalue weighted by atomic mass is 10.1. The number of hydrogen-bond donors (Lipinski definition) is 1. The maximum atomic E-state index is 12.3. The highest BCUT2D eigenvalue weighted by Gasteiger charge is 2.34. The van der Waals surface area contributed by atoms with Crippen LogP contribution in [0.1, 0.15) is 18.9 Å². The summed E-state index contributed by atoms with van der Waals surface area (Å²) < 4.78 is 37.0. The molecule has 118 valence electrons. The summed E-state index contributed by atoms with van der Waals surface area (Å²) in [5.74, 6) is 0.859. The minimum Gasteiger partial charge on any atom is -0.369 e. The zero-order valence-electron chi connectivity index (χ0n) is 11.8. The van der Waals surface area contributed by atoms with E-state index in [2.05, 4.69) is 15.3 Å². The first-order valence-electron chi connectivity index (χ1n) is 6.91. The molecule has 4 nitrogen and oxygen atoms in total. The van der Waals surface area contributed by atoms with Crippen molar-refractivity contribution in [1.82, 2.24) is 14.9 Å². The summed E-state index contributed by atoms with van der Waals surface area (Å²) >= 11 is 6.00. The molecule has 2 rings (SSSR count). The van der Waals surface area contributed by atoms with Gasteiger partial charge in [0, 0.05) is 18.7 Å². The maximum absolute atomic E-state index is 12.3. The van der Waals surface area contributed by atoms with E-state index in [1.54, 1.807) is 0 Å². The SMILES string of the molecule is CCc1c(Cl)ncnc1NCC1CCN(CC(F)(F)F)C1. The highest BCUT2D eigenvalue weighted by Crippen LogP contribution is 2.24. The van der Waals surface area contributed by atoms with E-state index in [1.165, 1.54) is 11.2 Å². The van der Waals surface area contributed by atoms with Crippen molar-refractivity contribution < 1.29 is 13.2 Å². The number of aromatic nitrogens is 2. The molecule has 0 radical (unpaired) electrons. The number of likely N-dealkylation sites (tertiary alicyclic amines) is 1. The van der Waals surface area contributed by atoms with Crippen LogP contribution in [-0.2, 0) is 6.42 Å². The highest BCUT2D eigenvalue weighted by atomic mass is 35.5. The molecule has 0 aromatic carbocycles. The van der Waals surface area contributed by atoms with E-state index in [0.29, 0.717) is 37.0 Å². The van der Waals surface area contributed by atoms with Gasteiger partial charge in [-0.1, -0.05) is 18.5 Å². The van der Waals surface area contributed by atoms with Crippen LogP contribution < -0.4 is 5.32 Å². The maximum Gasteiger partial charge on any atom is 0.401 e. The van der Waals surface area contributed by atoms with Gasteiger partial charge in [-0.05, 0) is 25.3 Å². The molecule has 1 fully saturated rings. The molecule has 0 saturated carbocycles. The van der Waals surface area contributed by atoms with Crippen molar-refractivity contribution in [2.45, 2.75) is 25.9 Å². The topological polar surface area (TPSA) is 41.1 Å². The predicted molar refractivity (Wildman–Crippen MR) is 75.5 cm³/mol. The average molecular weight is 323 g/mol. The van der Waals surface area contributed by atoms with Gasteiger partial charge in [0.15, 0.2) is 0 Å². The Morgan fingerprint density at radius 2 is 2.19 bits per heavy atom. The Morgan fingerprint density at radius 3 is 2.86 bits per heavy atom. The molecular weight excluding hydrogens is 305 g/mol. The zero-order chi connectivity index (χ0) is 15.5. The molecule has 1 aliphatic rings. The molecule has 1 N–H and O–H groups in total. The van der Waals surface area contributed by atoms with Crippen molar-refractivity contribution in [1.29, 1.82) is 0 Å². The third kappa shape index (κ3) is 4.71. The van der Waals surface area contributed by atoms with Gasteiger partial charge < -0.3 is 5.32 Å². The molecule has 2 heterocycles. The molecule has 0 aliphatic carbocycles. The van der Waals surface area contributed by atoms with Gasteiger partial charge in [-0.3, -0.25) is 4.90 Å². The van der Waals surface area contributed by atoms with Gasteiger partial charge in [0.25, 0.3) is 0 Å². The second-order valence-corrected chi connectivity index (χ2v) is 5.59. The van der Waals surface area contributed by atoms with Crippen LogP contribution in [0.5, 0.6) is 0 Å². The van der Waals surface area contributed by atoms with Crippen molar-refractivity contribution in [3.63, 3.8) is 0 Å². The average Bonchev–Trinajstić information content (AvgIpc) is 2.81. The Hall–Kier alpha value is -1.08. The lowest BCUT2D eigenvalue weighted by Crippen LogP contribution is -2.33. The fraction of sp³-hybridized carbons (Fsp3) is 0.692. The van der Waals surface area contributed by atoms with Crippen LogP contribution in [0.15, 0.2) is 6.33 Å². The quantitative estimate of drug-likeness (QED) is 0.846. The van der Waals surface area contributed by atoms with Crippen molar-refractivity contribution in [2.75, 3.05) is 31.5 Å². The number of nitrogens with one attached hydrogen (secondary N) is 1. The van der Waals surface area contributed by atoms with Crippen molar-refractivity contribution in [2.24, 2.45) is 5.92 Å². The van der Waals surface area contributed by atoms with Crippen molar-refractivity contribution >= 4 is 17.4 Å². The van der Waals surface area contributed by atoms with E-state index in [1.807, 2.05) is 6.92 Å². The number of halogens is 4. The standard InChI is InChI=1S/C13H18ClF3N4/c1-2-10-11(14)19-8-20-12(10)18-5-9-3-4-21(6-9)7-13(15,16)17/h8-9H,2-7H2,1H3,(H,18,19,20). The Bertz CT molecular complexity index is 481. The molecule has 21 heavy (non-hydrogen) atoms. The van der Waals surface area contributed by atoms with Crippen LogP contribution in [-0.4, -0.2) is 47.2 Å². The zero-order valence-corrected chi connectivity index (χ0v) is 12.5. The Kier molecular flexibility index (Phi) is 5.27. The summed E-state index contributed by atoms with van der Waals surface area (Å²) in [6.45, 7) is 2.65. The van der Waals surface area contributed by atoms with E-state index >= 15 is 0 Å². The minimum atomic E-state index is -4.13. The summed E-state index contributed by atoms with van der Waals surface area (Å²) in [7, 11) is 0. The molecule has 1 atom stereocenters. The van der Waals surface area contributed by atoms with Gasteiger partial charge in [-0.15, -0.1) is 0 Å². The second kappa shape index (κ2) is 6.79. The first-order valence-corrected chi connectivity index (χ1v) is 7.29. The second-order valence-electron chi connectivity index (χ2n) is 5.23. The van der Waals surface area contributed by atoms with E-state index in [4.69, 9.17) is 11.6 Å².